The second-order valence-electron chi connectivity index (χ2n) is 8.34. The number of ether oxygens (including phenoxy) is 2. The maximum absolute atomic E-state index is 5.96. The van der Waals surface area contributed by atoms with E-state index in [-0.39, 0.29) is 20.0 Å². The Kier molecular flexibility index (Phi) is 7.13. The lowest BCUT2D eigenvalue weighted by molar-refractivity contribution is 0.313. The van der Waals surface area contributed by atoms with Gasteiger partial charge in [-0.3, -0.25) is 0 Å². The Hall–Kier alpha value is -2.97. The average Bonchev–Trinajstić information content (AvgIpc) is 3.56. The highest BCUT2D eigenvalue weighted by molar-refractivity contribution is 7.65. The molecule has 0 fully saturated rings. The predicted octanol–water partition coefficient (Wildman–Crippen LogP) is 5.91. The van der Waals surface area contributed by atoms with Crippen molar-refractivity contribution in [2.75, 3.05) is 25.5 Å². The van der Waals surface area contributed by atoms with E-state index in [9.17, 15) is 0 Å². The summed E-state index contributed by atoms with van der Waals surface area (Å²) in [4.78, 5) is 9.72. The lowest BCUT2D eigenvalue weighted by Gasteiger charge is -2.18. The van der Waals surface area contributed by atoms with Gasteiger partial charge in [-0.25, -0.2) is 9.98 Å². The molecule has 0 spiro atoms. The first-order valence-electron chi connectivity index (χ1n) is 11.6. The fraction of sp³-hybridized carbons (Fsp3) is 0.286. The third-order valence-corrected chi connectivity index (χ3v) is 8.65. The minimum atomic E-state index is -0.347. The molecule has 0 unspecified atom stereocenters. The molecule has 5 heteroatoms. The van der Waals surface area contributed by atoms with E-state index in [1.165, 1.54) is 16.4 Å². The lowest BCUT2D eigenvalue weighted by atomic mass is 10.1. The van der Waals surface area contributed by atoms with Crippen LogP contribution < -0.4 is 5.30 Å². The van der Waals surface area contributed by atoms with Gasteiger partial charge in [0.1, 0.15) is 25.3 Å². The van der Waals surface area contributed by atoms with Crippen molar-refractivity contribution in [1.82, 2.24) is 0 Å². The van der Waals surface area contributed by atoms with Crippen LogP contribution in [0.5, 0.6) is 0 Å². The molecular formula is C28H29N2O2P. The zero-order chi connectivity index (χ0) is 22.3. The van der Waals surface area contributed by atoms with E-state index in [1.54, 1.807) is 0 Å². The quantitative estimate of drug-likeness (QED) is 0.376. The van der Waals surface area contributed by atoms with E-state index in [2.05, 4.69) is 78.9 Å². The molecule has 2 heterocycles. The molecule has 3 aromatic rings. The SMILES string of the molecule is c1ccc([C@@H]2COC(CCP(CCC3=N[C@H](c4ccccc4)CO3)c3ccccc3)=N2)cc1. The predicted molar refractivity (Wildman–Crippen MR) is 137 cm³/mol. The Balaban J connectivity index is 1.21. The topological polar surface area (TPSA) is 43.2 Å². The second-order valence-corrected chi connectivity index (χ2v) is 10.8. The number of hydrogen-bond acceptors (Lipinski definition) is 4. The molecule has 0 aromatic heterocycles. The molecule has 5 rings (SSSR count). The monoisotopic (exact) mass is 456 g/mol. The molecule has 4 nitrogen and oxygen atoms in total. The van der Waals surface area contributed by atoms with Crippen LogP contribution in [0.3, 0.4) is 0 Å². The molecule has 33 heavy (non-hydrogen) atoms. The summed E-state index contributed by atoms with van der Waals surface area (Å²) >= 11 is 0. The van der Waals surface area contributed by atoms with Crippen molar-refractivity contribution < 1.29 is 9.47 Å². The first-order valence-corrected chi connectivity index (χ1v) is 13.4. The van der Waals surface area contributed by atoms with Crippen LogP contribution in [0, 0.1) is 0 Å². The third-order valence-electron chi connectivity index (χ3n) is 6.10. The summed E-state index contributed by atoms with van der Waals surface area (Å²) in [6, 6.07) is 31.9. The van der Waals surface area contributed by atoms with Crippen molar-refractivity contribution in [2.24, 2.45) is 9.98 Å². The molecule has 0 N–H and O–H groups in total. The summed E-state index contributed by atoms with van der Waals surface area (Å²) in [5.41, 5.74) is 2.45. The fourth-order valence-electron chi connectivity index (χ4n) is 4.28. The van der Waals surface area contributed by atoms with Crippen LogP contribution in [0.15, 0.2) is 101 Å². The highest BCUT2D eigenvalue weighted by atomic mass is 31.1. The normalized spacial score (nSPS) is 19.7. The van der Waals surface area contributed by atoms with Crippen LogP contribution in [0.25, 0.3) is 0 Å². The minimum absolute atomic E-state index is 0.125. The second kappa shape index (κ2) is 10.8. The van der Waals surface area contributed by atoms with Gasteiger partial charge in [-0.15, -0.1) is 0 Å². The van der Waals surface area contributed by atoms with Gasteiger partial charge in [0.05, 0.1) is 0 Å². The van der Waals surface area contributed by atoms with Gasteiger partial charge in [-0.1, -0.05) is 98.9 Å². The summed E-state index contributed by atoms with van der Waals surface area (Å²) in [7, 11) is -0.347. The summed E-state index contributed by atoms with van der Waals surface area (Å²) in [6.45, 7) is 1.29. The van der Waals surface area contributed by atoms with Gasteiger partial charge >= 0.3 is 0 Å². The molecule has 2 atom stereocenters. The van der Waals surface area contributed by atoms with Crippen molar-refractivity contribution in [3.63, 3.8) is 0 Å². The fourth-order valence-corrected chi connectivity index (χ4v) is 6.54. The van der Waals surface area contributed by atoms with Crippen molar-refractivity contribution in [3.8, 4) is 0 Å². The summed E-state index contributed by atoms with van der Waals surface area (Å²) in [5, 5.41) is 1.42. The van der Waals surface area contributed by atoms with Gasteiger partial charge in [0.2, 0.25) is 0 Å². The summed E-state index contributed by atoms with van der Waals surface area (Å²) in [6.07, 6.45) is 3.89. The Morgan fingerprint density at radius 3 is 1.48 bits per heavy atom. The van der Waals surface area contributed by atoms with E-state index >= 15 is 0 Å². The molecule has 2 aliphatic heterocycles. The van der Waals surface area contributed by atoms with Crippen LogP contribution in [0.2, 0.25) is 0 Å². The van der Waals surface area contributed by atoms with Crippen molar-refractivity contribution >= 4 is 25.0 Å². The standard InChI is InChI=1S/C28H29N2O2P/c1-4-10-22(11-5-1)25-20-31-27(29-25)16-18-33(24-14-8-3-9-15-24)19-17-28-30-26(21-32-28)23-12-6-2-7-13-23/h1-15,25-26H,16-21H2/t25-,26-/m0/s1. The average molecular weight is 457 g/mol. The molecule has 0 aliphatic carbocycles. The maximum atomic E-state index is 5.96. The van der Waals surface area contributed by atoms with Gasteiger partial charge in [0.25, 0.3) is 0 Å². The van der Waals surface area contributed by atoms with E-state index in [0.717, 1.165) is 37.0 Å². The lowest BCUT2D eigenvalue weighted by Crippen LogP contribution is -2.12. The molecule has 0 saturated carbocycles. The number of benzene rings is 3. The van der Waals surface area contributed by atoms with Crippen LogP contribution >= 0.6 is 7.92 Å². The first-order chi connectivity index (χ1) is 16.3. The molecular weight excluding hydrogens is 427 g/mol. The van der Waals surface area contributed by atoms with Gasteiger partial charge < -0.3 is 9.47 Å². The Bertz CT molecular complexity index is 1020. The van der Waals surface area contributed by atoms with Crippen LogP contribution in [0.1, 0.15) is 36.1 Å². The summed E-state index contributed by atoms with van der Waals surface area (Å²) < 4.78 is 11.9. The Labute approximate surface area is 197 Å². The van der Waals surface area contributed by atoms with E-state index in [4.69, 9.17) is 19.5 Å². The van der Waals surface area contributed by atoms with Crippen molar-refractivity contribution in [2.45, 2.75) is 24.9 Å². The van der Waals surface area contributed by atoms with E-state index in [1.807, 2.05) is 12.1 Å². The van der Waals surface area contributed by atoms with Crippen LogP contribution in [0.4, 0.5) is 0 Å². The molecule has 2 aliphatic rings. The minimum Gasteiger partial charge on any atom is -0.478 e. The van der Waals surface area contributed by atoms with Crippen LogP contribution in [-0.2, 0) is 9.47 Å². The molecule has 0 saturated heterocycles. The van der Waals surface area contributed by atoms with Gasteiger partial charge in [-0.05, 0) is 28.8 Å². The maximum Gasteiger partial charge on any atom is 0.184 e. The Morgan fingerprint density at radius 1 is 0.606 bits per heavy atom. The first kappa shape index (κ1) is 21.9. The van der Waals surface area contributed by atoms with Crippen molar-refractivity contribution in [1.29, 1.82) is 0 Å². The smallest absolute Gasteiger partial charge is 0.184 e. The zero-order valence-electron chi connectivity index (χ0n) is 18.7. The van der Waals surface area contributed by atoms with E-state index in [0.29, 0.717) is 13.2 Å². The highest BCUT2D eigenvalue weighted by Crippen LogP contribution is 2.38. The zero-order valence-corrected chi connectivity index (χ0v) is 19.6. The molecule has 168 valence electrons. The Morgan fingerprint density at radius 2 is 1.03 bits per heavy atom. The number of rotatable bonds is 9. The third kappa shape index (κ3) is 5.69. The van der Waals surface area contributed by atoms with Crippen LogP contribution in [-0.4, -0.2) is 37.3 Å². The van der Waals surface area contributed by atoms with E-state index < -0.39 is 0 Å². The van der Waals surface area contributed by atoms with Gasteiger partial charge in [0, 0.05) is 12.8 Å². The van der Waals surface area contributed by atoms with Crippen molar-refractivity contribution in [3.05, 3.63) is 102 Å². The molecule has 0 radical (unpaired) electrons. The van der Waals surface area contributed by atoms with Gasteiger partial charge in [0.15, 0.2) is 11.8 Å². The number of nitrogens with zero attached hydrogens (tertiary/aromatic N) is 2. The molecule has 0 bridgehead atoms. The molecule has 0 amide bonds. The van der Waals surface area contributed by atoms with Gasteiger partial charge in [-0.2, -0.15) is 0 Å². The number of aliphatic imine (C=N–C) groups is 2. The highest BCUT2D eigenvalue weighted by Gasteiger charge is 2.24. The summed E-state index contributed by atoms with van der Waals surface area (Å²) in [5.74, 6) is 1.79. The number of hydrogen-bond donors (Lipinski definition) is 0. The largest absolute Gasteiger partial charge is 0.478 e. The molecule has 3 aromatic carbocycles.